The first-order valence-corrected chi connectivity index (χ1v) is 12.8. The molecule has 6 nitrogen and oxygen atoms in total. The second-order valence-corrected chi connectivity index (χ2v) is 10.9. The van der Waals surface area contributed by atoms with Gasteiger partial charge in [-0.15, -0.1) is 0 Å². The molecule has 0 bridgehead atoms. The summed E-state index contributed by atoms with van der Waals surface area (Å²) in [6.07, 6.45) is 11.3. The van der Waals surface area contributed by atoms with Crippen molar-refractivity contribution in [2.24, 2.45) is 5.92 Å². The fraction of sp³-hybridized carbons (Fsp3) is 0.654. The van der Waals surface area contributed by atoms with Gasteiger partial charge in [0.15, 0.2) is 5.54 Å². The predicted octanol–water partition coefficient (Wildman–Crippen LogP) is 5.01. The van der Waals surface area contributed by atoms with Gasteiger partial charge in [-0.05, 0) is 65.7 Å². The van der Waals surface area contributed by atoms with Gasteiger partial charge >= 0.3 is 5.97 Å². The minimum absolute atomic E-state index is 0.139. The fourth-order valence-corrected chi connectivity index (χ4v) is 4.98. The summed E-state index contributed by atoms with van der Waals surface area (Å²) in [6.45, 7) is 13.5. The van der Waals surface area contributed by atoms with Crippen molar-refractivity contribution in [3.8, 4) is 0 Å². The average molecular weight is 479 g/mol. The Bertz CT molecular complexity index is 796. The highest BCUT2D eigenvalue weighted by Gasteiger charge is 2.62. The molecule has 0 radical (unpaired) electrons. The molecule has 0 spiro atoms. The van der Waals surface area contributed by atoms with E-state index in [4.69, 9.17) is 0 Å². The smallest absolute Gasteiger partial charge is 0.330 e. The highest BCUT2D eigenvalue weighted by atomic mass is 32.2. The summed E-state index contributed by atoms with van der Waals surface area (Å²) in [5.41, 5.74) is 2.80. The maximum absolute atomic E-state index is 12.7. The van der Waals surface area contributed by atoms with E-state index in [1.54, 1.807) is 11.8 Å². The Balaban J connectivity index is 2.53. The highest BCUT2D eigenvalue weighted by molar-refractivity contribution is 8.00. The van der Waals surface area contributed by atoms with Crippen LogP contribution in [0.3, 0.4) is 0 Å². The van der Waals surface area contributed by atoms with E-state index < -0.39 is 23.5 Å². The van der Waals surface area contributed by atoms with Crippen LogP contribution in [0.2, 0.25) is 0 Å². The van der Waals surface area contributed by atoms with Gasteiger partial charge in [-0.3, -0.25) is 9.59 Å². The van der Waals surface area contributed by atoms with E-state index in [0.717, 1.165) is 25.7 Å². The maximum atomic E-state index is 12.7. The van der Waals surface area contributed by atoms with Gasteiger partial charge in [-0.1, -0.05) is 48.8 Å². The zero-order valence-corrected chi connectivity index (χ0v) is 22.1. The fourth-order valence-electron chi connectivity index (χ4n) is 3.54. The van der Waals surface area contributed by atoms with E-state index in [1.807, 2.05) is 13.8 Å². The van der Waals surface area contributed by atoms with Crippen molar-refractivity contribution in [1.29, 1.82) is 0 Å². The Morgan fingerprint density at radius 2 is 1.58 bits per heavy atom. The molecule has 1 unspecified atom stereocenters. The van der Waals surface area contributed by atoms with Crippen molar-refractivity contribution in [2.45, 2.75) is 97.4 Å². The van der Waals surface area contributed by atoms with Gasteiger partial charge in [0.1, 0.15) is 6.04 Å². The van der Waals surface area contributed by atoms with Crippen molar-refractivity contribution in [1.82, 2.24) is 10.6 Å². The summed E-state index contributed by atoms with van der Waals surface area (Å²) in [6, 6.07) is -0.745. The van der Waals surface area contributed by atoms with Crippen molar-refractivity contribution in [3.63, 3.8) is 0 Å². The molecule has 2 amide bonds. The zero-order chi connectivity index (χ0) is 25.2. The van der Waals surface area contributed by atoms with Crippen LogP contribution in [0, 0.1) is 5.92 Å². The van der Waals surface area contributed by atoms with E-state index in [0.29, 0.717) is 12.2 Å². The van der Waals surface area contributed by atoms with Crippen molar-refractivity contribution in [2.75, 3.05) is 5.75 Å². The Morgan fingerprint density at radius 3 is 2.09 bits per heavy atom. The van der Waals surface area contributed by atoms with Gasteiger partial charge in [0, 0.05) is 17.9 Å². The third kappa shape index (κ3) is 10.2. The monoisotopic (exact) mass is 478 g/mol. The Labute approximate surface area is 203 Å². The minimum Gasteiger partial charge on any atom is -0.479 e. The lowest BCUT2D eigenvalue weighted by Crippen LogP contribution is -2.55. The maximum Gasteiger partial charge on any atom is 0.330 e. The standard InChI is InChI=1S/C26H42N2O4S/c1-17(2)10-8-11-19(5)12-9-13-20(6)14-15-33-22-16-26(22,25(31)32)28-24(30)23(18(3)4)27-21(7)29/h10,12,14,18,22-23H,8-9,11,13,15-16H2,1-7H3,(H,27,29)(H,28,30)(H,31,32)/b19-12+,20-14+/t22?,23-,26+/m1/s1. The lowest BCUT2D eigenvalue weighted by molar-refractivity contribution is -0.143. The molecular weight excluding hydrogens is 436 g/mol. The molecule has 7 heteroatoms. The van der Waals surface area contributed by atoms with Crippen LogP contribution in [-0.4, -0.2) is 45.5 Å². The summed E-state index contributed by atoms with van der Waals surface area (Å²) >= 11 is 1.55. The van der Waals surface area contributed by atoms with Crippen LogP contribution >= 0.6 is 11.8 Å². The number of carbonyl (C=O) groups excluding carboxylic acids is 2. The number of carbonyl (C=O) groups is 3. The number of nitrogens with one attached hydrogen (secondary N) is 2. The SMILES string of the molecule is CC(=O)N[C@@H](C(=O)N[C@@]1(C(=O)O)CC1SC/C=C(\C)CC/C=C(\C)CCC=C(C)C)C(C)C. The van der Waals surface area contributed by atoms with Gasteiger partial charge in [-0.2, -0.15) is 11.8 Å². The van der Waals surface area contributed by atoms with Gasteiger partial charge in [0.2, 0.25) is 11.8 Å². The molecule has 0 aromatic carbocycles. The Morgan fingerprint density at radius 1 is 1.00 bits per heavy atom. The number of carboxylic acids is 1. The Hall–Kier alpha value is -2.02. The van der Waals surface area contributed by atoms with Crippen LogP contribution in [0.25, 0.3) is 0 Å². The molecular formula is C26H42N2O4S. The van der Waals surface area contributed by atoms with Gasteiger partial charge < -0.3 is 15.7 Å². The van der Waals surface area contributed by atoms with Crippen LogP contribution in [0.1, 0.15) is 80.6 Å². The third-order valence-electron chi connectivity index (χ3n) is 5.78. The third-order valence-corrected chi connectivity index (χ3v) is 7.12. The first-order valence-electron chi connectivity index (χ1n) is 11.8. The molecule has 1 rings (SSSR count). The molecule has 1 aliphatic carbocycles. The number of hydrogen-bond acceptors (Lipinski definition) is 4. The van der Waals surface area contributed by atoms with Crippen molar-refractivity contribution < 1.29 is 19.5 Å². The number of hydrogen-bond donors (Lipinski definition) is 3. The number of aliphatic carboxylic acids is 1. The van der Waals surface area contributed by atoms with Crippen LogP contribution in [0.5, 0.6) is 0 Å². The lowest BCUT2D eigenvalue weighted by Gasteiger charge is -2.24. The summed E-state index contributed by atoms with van der Waals surface area (Å²) in [5, 5.41) is 14.9. The van der Waals surface area contributed by atoms with E-state index >= 15 is 0 Å². The molecule has 0 aromatic heterocycles. The van der Waals surface area contributed by atoms with Gasteiger partial charge in [0.25, 0.3) is 0 Å². The van der Waals surface area contributed by atoms with E-state index in [9.17, 15) is 19.5 Å². The van der Waals surface area contributed by atoms with E-state index in [2.05, 4.69) is 56.6 Å². The largest absolute Gasteiger partial charge is 0.479 e. The molecule has 0 aliphatic heterocycles. The van der Waals surface area contributed by atoms with Crippen molar-refractivity contribution >= 4 is 29.5 Å². The molecule has 0 heterocycles. The second kappa shape index (κ2) is 13.6. The van der Waals surface area contributed by atoms with E-state index in [1.165, 1.54) is 23.6 Å². The first kappa shape index (κ1) is 29.0. The topological polar surface area (TPSA) is 95.5 Å². The zero-order valence-electron chi connectivity index (χ0n) is 21.3. The molecule has 0 saturated heterocycles. The molecule has 1 saturated carbocycles. The number of amides is 2. The first-order chi connectivity index (χ1) is 15.4. The summed E-state index contributed by atoms with van der Waals surface area (Å²) in [4.78, 5) is 36.0. The average Bonchev–Trinajstić information content (AvgIpc) is 3.39. The predicted molar refractivity (Wildman–Crippen MR) is 137 cm³/mol. The normalized spacial score (nSPS) is 21.4. The second-order valence-electron chi connectivity index (χ2n) is 9.67. The van der Waals surface area contributed by atoms with Crippen molar-refractivity contribution in [3.05, 3.63) is 34.9 Å². The van der Waals surface area contributed by atoms with Crippen LogP contribution in [0.4, 0.5) is 0 Å². The highest BCUT2D eigenvalue weighted by Crippen LogP contribution is 2.46. The van der Waals surface area contributed by atoms with Gasteiger partial charge in [0.05, 0.1) is 0 Å². The summed E-state index contributed by atoms with van der Waals surface area (Å²) in [7, 11) is 0. The van der Waals surface area contributed by atoms with Crippen LogP contribution in [0.15, 0.2) is 34.9 Å². The summed E-state index contributed by atoms with van der Waals surface area (Å²) < 4.78 is 0. The molecule has 186 valence electrons. The summed E-state index contributed by atoms with van der Waals surface area (Å²) in [5.74, 6) is -1.20. The lowest BCUT2D eigenvalue weighted by atomic mass is 10.0. The van der Waals surface area contributed by atoms with Gasteiger partial charge in [-0.25, -0.2) is 4.79 Å². The number of carboxylic acid groups (broad SMARTS) is 1. The quantitative estimate of drug-likeness (QED) is 0.305. The minimum atomic E-state index is -1.25. The van der Waals surface area contributed by atoms with Crippen LogP contribution < -0.4 is 10.6 Å². The van der Waals surface area contributed by atoms with Crippen LogP contribution in [-0.2, 0) is 14.4 Å². The number of thioether (sulfide) groups is 1. The van der Waals surface area contributed by atoms with E-state index in [-0.39, 0.29) is 17.1 Å². The number of allylic oxidation sites excluding steroid dienone is 5. The number of rotatable bonds is 14. The Kier molecular flexibility index (Phi) is 12.0. The molecule has 0 aromatic rings. The molecule has 3 N–H and O–H groups in total. The molecule has 1 fully saturated rings. The molecule has 1 aliphatic rings. The molecule has 3 atom stereocenters. The molecule has 33 heavy (non-hydrogen) atoms.